The molecular formula is C16H16INO. The van der Waals surface area contributed by atoms with Crippen LogP contribution in [0.1, 0.15) is 18.1 Å². The summed E-state index contributed by atoms with van der Waals surface area (Å²) in [6.07, 6.45) is 1.33. The van der Waals surface area contributed by atoms with E-state index < -0.39 is 0 Å². The maximum Gasteiger partial charge on any atom is 0.228 e. The van der Waals surface area contributed by atoms with Crippen LogP contribution >= 0.6 is 22.6 Å². The van der Waals surface area contributed by atoms with Crippen molar-refractivity contribution in [2.75, 3.05) is 5.32 Å². The van der Waals surface area contributed by atoms with E-state index in [4.69, 9.17) is 0 Å². The van der Waals surface area contributed by atoms with E-state index in [1.807, 2.05) is 42.5 Å². The number of hydrogen-bond acceptors (Lipinski definition) is 1. The highest BCUT2D eigenvalue weighted by Crippen LogP contribution is 2.19. The Hall–Kier alpha value is -1.36. The lowest BCUT2D eigenvalue weighted by molar-refractivity contribution is -0.115. The van der Waals surface area contributed by atoms with Crippen LogP contribution in [0.3, 0.4) is 0 Å². The quantitative estimate of drug-likeness (QED) is 0.815. The molecule has 98 valence electrons. The van der Waals surface area contributed by atoms with E-state index in [-0.39, 0.29) is 5.91 Å². The molecule has 1 N–H and O–H groups in total. The number of benzene rings is 2. The predicted octanol–water partition coefficient (Wildman–Crippen LogP) is 4.03. The van der Waals surface area contributed by atoms with Gasteiger partial charge in [0.25, 0.3) is 0 Å². The first-order valence-corrected chi connectivity index (χ1v) is 7.39. The SMILES string of the molecule is CCc1cc(I)ccc1NC(=O)Cc1ccccc1. The van der Waals surface area contributed by atoms with Crippen molar-refractivity contribution in [2.24, 2.45) is 0 Å². The van der Waals surface area contributed by atoms with E-state index in [2.05, 4.69) is 40.9 Å². The smallest absolute Gasteiger partial charge is 0.228 e. The Morgan fingerprint density at radius 3 is 2.58 bits per heavy atom. The number of carbonyl (C=O) groups excluding carboxylic acids is 1. The number of hydrogen-bond donors (Lipinski definition) is 1. The van der Waals surface area contributed by atoms with Gasteiger partial charge in [0.05, 0.1) is 6.42 Å². The Labute approximate surface area is 127 Å². The summed E-state index contributed by atoms with van der Waals surface area (Å²) in [5, 5.41) is 2.99. The van der Waals surface area contributed by atoms with Crippen LogP contribution in [-0.4, -0.2) is 5.91 Å². The fourth-order valence-electron chi connectivity index (χ4n) is 1.95. The van der Waals surface area contributed by atoms with Gasteiger partial charge in [-0.05, 0) is 58.3 Å². The molecule has 0 aromatic heterocycles. The van der Waals surface area contributed by atoms with E-state index in [0.29, 0.717) is 6.42 Å². The molecule has 2 rings (SSSR count). The Kier molecular flexibility index (Phi) is 4.96. The molecule has 0 saturated heterocycles. The largest absolute Gasteiger partial charge is 0.326 e. The minimum absolute atomic E-state index is 0.0297. The van der Waals surface area contributed by atoms with Gasteiger partial charge in [-0.3, -0.25) is 4.79 Å². The number of aryl methyl sites for hydroxylation is 1. The summed E-state index contributed by atoms with van der Waals surface area (Å²) in [6.45, 7) is 2.10. The van der Waals surface area contributed by atoms with Crippen LogP contribution in [0.4, 0.5) is 5.69 Å². The number of halogens is 1. The molecule has 0 aliphatic heterocycles. The first-order chi connectivity index (χ1) is 9.19. The second-order valence-corrected chi connectivity index (χ2v) is 5.61. The Balaban J connectivity index is 2.07. The molecular weight excluding hydrogens is 349 g/mol. The van der Waals surface area contributed by atoms with Gasteiger partial charge < -0.3 is 5.32 Å². The zero-order valence-corrected chi connectivity index (χ0v) is 13.0. The van der Waals surface area contributed by atoms with E-state index in [1.165, 1.54) is 9.13 Å². The Bertz CT molecular complexity index is 566. The monoisotopic (exact) mass is 365 g/mol. The van der Waals surface area contributed by atoms with Gasteiger partial charge in [0, 0.05) is 9.26 Å². The summed E-state index contributed by atoms with van der Waals surface area (Å²) in [4.78, 5) is 12.0. The zero-order valence-electron chi connectivity index (χ0n) is 10.8. The van der Waals surface area contributed by atoms with Gasteiger partial charge >= 0.3 is 0 Å². The standard InChI is InChI=1S/C16H16INO/c1-2-13-11-14(17)8-9-15(13)18-16(19)10-12-6-4-3-5-7-12/h3-9,11H,2,10H2,1H3,(H,18,19). The summed E-state index contributed by atoms with van der Waals surface area (Å²) >= 11 is 2.29. The van der Waals surface area contributed by atoms with Crippen LogP contribution in [0.15, 0.2) is 48.5 Å². The van der Waals surface area contributed by atoms with Crippen molar-refractivity contribution in [3.8, 4) is 0 Å². The second kappa shape index (κ2) is 6.70. The van der Waals surface area contributed by atoms with Crippen LogP contribution in [-0.2, 0) is 17.6 Å². The van der Waals surface area contributed by atoms with Crippen LogP contribution in [0.5, 0.6) is 0 Å². The third kappa shape index (κ3) is 4.06. The van der Waals surface area contributed by atoms with Crippen LogP contribution in [0.25, 0.3) is 0 Å². The molecule has 2 nitrogen and oxygen atoms in total. The van der Waals surface area contributed by atoms with Gasteiger partial charge in [0.15, 0.2) is 0 Å². The lowest BCUT2D eigenvalue weighted by Gasteiger charge is -2.10. The second-order valence-electron chi connectivity index (χ2n) is 4.37. The number of carbonyl (C=O) groups is 1. The minimum Gasteiger partial charge on any atom is -0.326 e. The molecule has 2 aromatic carbocycles. The molecule has 2 aromatic rings. The Morgan fingerprint density at radius 1 is 1.16 bits per heavy atom. The predicted molar refractivity (Wildman–Crippen MR) is 87.3 cm³/mol. The van der Waals surface area contributed by atoms with Crippen molar-refractivity contribution in [2.45, 2.75) is 19.8 Å². The number of nitrogens with one attached hydrogen (secondary N) is 1. The molecule has 1 amide bonds. The highest BCUT2D eigenvalue weighted by molar-refractivity contribution is 14.1. The zero-order chi connectivity index (χ0) is 13.7. The summed E-state index contributed by atoms with van der Waals surface area (Å²) < 4.78 is 1.19. The highest BCUT2D eigenvalue weighted by Gasteiger charge is 2.07. The van der Waals surface area contributed by atoms with E-state index in [0.717, 1.165) is 17.7 Å². The van der Waals surface area contributed by atoms with Crippen molar-refractivity contribution in [3.63, 3.8) is 0 Å². The van der Waals surface area contributed by atoms with E-state index in [9.17, 15) is 4.79 Å². The summed E-state index contributed by atoms with van der Waals surface area (Å²) in [5.74, 6) is 0.0297. The first-order valence-electron chi connectivity index (χ1n) is 6.31. The van der Waals surface area contributed by atoms with Gasteiger partial charge in [-0.25, -0.2) is 0 Å². The summed E-state index contributed by atoms with van der Waals surface area (Å²) in [6, 6.07) is 15.9. The van der Waals surface area contributed by atoms with Crippen molar-refractivity contribution in [1.82, 2.24) is 0 Å². The van der Waals surface area contributed by atoms with Gasteiger partial charge in [-0.15, -0.1) is 0 Å². The van der Waals surface area contributed by atoms with E-state index >= 15 is 0 Å². The van der Waals surface area contributed by atoms with Crippen LogP contribution < -0.4 is 5.32 Å². The molecule has 19 heavy (non-hydrogen) atoms. The van der Waals surface area contributed by atoms with Gasteiger partial charge in [0.2, 0.25) is 5.91 Å². The number of anilines is 1. The van der Waals surface area contributed by atoms with Crippen molar-refractivity contribution >= 4 is 34.2 Å². The maximum atomic E-state index is 12.0. The average molecular weight is 365 g/mol. The van der Waals surface area contributed by atoms with E-state index in [1.54, 1.807) is 0 Å². The van der Waals surface area contributed by atoms with Crippen LogP contribution in [0, 0.1) is 3.57 Å². The van der Waals surface area contributed by atoms with Crippen molar-refractivity contribution < 1.29 is 4.79 Å². The first kappa shape index (κ1) is 14.1. The molecule has 0 aliphatic carbocycles. The third-order valence-corrected chi connectivity index (χ3v) is 3.60. The fraction of sp³-hybridized carbons (Fsp3) is 0.188. The lowest BCUT2D eigenvalue weighted by Crippen LogP contribution is -2.15. The third-order valence-electron chi connectivity index (χ3n) is 2.93. The molecule has 0 radical (unpaired) electrons. The molecule has 0 unspecified atom stereocenters. The number of amides is 1. The molecule has 0 fully saturated rings. The molecule has 0 bridgehead atoms. The molecule has 3 heteroatoms. The topological polar surface area (TPSA) is 29.1 Å². The summed E-state index contributed by atoms with van der Waals surface area (Å²) in [5.41, 5.74) is 3.13. The van der Waals surface area contributed by atoms with Crippen LogP contribution in [0.2, 0.25) is 0 Å². The van der Waals surface area contributed by atoms with Crippen molar-refractivity contribution in [3.05, 3.63) is 63.2 Å². The summed E-state index contributed by atoms with van der Waals surface area (Å²) in [7, 11) is 0. The molecule has 0 spiro atoms. The average Bonchev–Trinajstić information content (AvgIpc) is 2.42. The van der Waals surface area contributed by atoms with Gasteiger partial charge in [-0.2, -0.15) is 0 Å². The normalized spacial score (nSPS) is 10.2. The lowest BCUT2D eigenvalue weighted by atomic mass is 10.1. The molecule has 0 heterocycles. The fourth-order valence-corrected chi connectivity index (χ4v) is 2.51. The molecule has 0 saturated carbocycles. The Morgan fingerprint density at radius 2 is 1.89 bits per heavy atom. The maximum absolute atomic E-state index is 12.0. The molecule has 0 aliphatic rings. The van der Waals surface area contributed by atoms with Crippen molar-refractivity contribution in [1.29, 1.82) is 0 Å². The highest BCUT2D eigenvalue weighted by atomic mass is 127. The minimum atomic E-state index is 0.0297. The van der Waals surface area contributed by atoms with Gasteiger partial charge in [-0.1, -0.05) is 37.3 Å². The van der Waals surface area contributed by atoms with Gasteiger partial charge in [0.1, 0.15) is 0 Å². The number of rotatable bonds is 4. The molecule has 0 atom stereocenters.